The minimum atomic E-state index is -0.108. The van der Waals surface area contributed by atoms with Crippen molar-refractivity contribution in [1.82, 2.24) is 14.4 Å². The topological polar surface area (TPSA) is 66.0 Å². The summed E-state index contributed by atoms with van der Waals surface area (Å²) in [6.07, 6.45) is 5.44. The zero-order chi connectivity index (χ0) is 20.4. The molecule has 1 N–H and O–H groups in total. The van der Waals surface area contributed by atoms with E-state index in [0.29, 0.717) is 5.56 Å². The molecule has 0 bridgehead atoms. The number of aromatic nitrogens is 3. The molecule has 1 aromatic carbocycles. The van der Waals surface area contributed by atoms with Crippen LogP contribution in [0.3, 0.4) is 0 Å². The van der Waals surface area contributed by atoms with Crippen LogP contribution in [0.1, 0.15) is 36.8 Å². The zero-order valence-electron chi connectivity index (χ0n) is 16.8. The highest BCUT2D eigenvalue weighted by molar-refractivity contribution is 7.16. The molecule has 0 aliphatic rings. The van der Waals surface area contributed by atoms with Crippen molar-refractivity contribution in [2.75, 3.05) is 5.32 Å². The van der Waals surface area contributed by atoms with Crippen LogP contribution in [0.15, 0.2) is 55.0 Å². The molecule has 0 amide bonds. The van der Waals surface area contributed by atoms with Crippen LogP contribution in [-0.2, 0) is 0 Å². The van der Waals surface area contributed by atoms with Crippen molar-refractivity contribution in [3.8, 4) is 28.5 Å². The van der Waals surface area contributed by atoms with E-state index in [4.69, 9.17) is 10.2 Å². The van der Waals surface area contributed by atoms with E-state index >= 15 is 0 Å². The Morgan fingerprint density at radius 1 is 1.03 bits per heavy atom. The second kappa shape index (κ2) is 8.59. The maximum Gasteiger partial charge on any atom is 0.157 e. The number of hydrogen-bond acceptors (Lipinski definition) is 5. The molecule has 0 atom stereocenters. The lowest BCUT2D eigenvalue weighted by atomic mass is 10.1. The molecule has 7 heteroatoms. The fourth-order valence-electron chi connectivity index (χ4n) is 2.85. The maximum atomic E-state index is 8.89. The average Bonchev–Trinajstić information content (AvgIpc) is 3.31. The minimum absolute atomic E-state index is 0. The summed E-state index contributed by atoms with van der Waals surface area (Å²) in [5, 5.41) is 12.5. The third-order valence-corrected chi connectivity index (χ3v) is 5.11. The number of halogens is 1. The first-order valence-corrected chi connectivity index (χ1v) is 9.97. The monoisotopic (exact) mass is 433 g/mol. The van der Waals surface area contributed by atoms with Crippen molar-refractivity contribution in [2.45, 2.75) is 26.3 Å². The van der Waals surface area contributed by atoms with Crippen molar-refractivity contribution >= 4 is 35.2 Å². The molecule has 0 unspecified atom stereocenters. The Balaban J connectivity index is 0.00000256. The van der Waals surface area contributed by atoms with Crippen molar-refractivity contribution in [3.63, 3.8) is 0 Å². The number of anilines is 1. The van der Waals surface area contributed by atoms with Gasteiger partial charge in [-0.3, -0.25) is 9.38 Å². The van der Waals surface area contributed by atoms with Gasteiger partial charge in [-0.2, -0.15) is 5.26 Å². The van der Waals surface area contributed by atoms with Crippen molar-refractivity contribution < 1.29 is 0 Å². The Kier molecular flexibility index (Phi) is 6.12. The van der Waals surface area contributed by atoms with Gasteiger partial charge in [0.15, 0.2) is 5.65 Å². The van der Waals surface area contributed by atoms with Crippen molar-refractivity contribution in [2.24, 2.45) is 0 Å². The van der Waals surface area contributed by atoms with E-state index in [9.17, 15) is 0 Å². The molecule has 0 aliphatic heterocycles. The van der Waals surface area contributed by atoms with E-state index in [1.165, 1.54) is 0 Å². The minimum Gasteiger partial charge on any atom is -0.365 e. The van der Waals surface area contributed by atoms with Gasteiger partial charge in [0.05, 0.1) is 27.6 Å². The molecule has 4 aromatic rings. The SMILES string of the molecule is CC(C)(C)Nc1c(-c2ccc(C#Cc3ccc(C#N)cc3)s2)nc2cnccn12.Cl. The molecular formula is C23H20ClN5S. The number of imidazole rings is 1. The highest BCUT2D eigenvalue weighted by Gasteiger charge is 2.20. The number of fused-ring (bicyclic) bond motifs is 1. The quantitative estimate of drug-likeness (QED) is 0.432. The van der Waals surface area contributed by atoms with Crippen molar-refractivity contribution in [1.29, 1.82) is 5.26 Å². The highest BCUT2D eigenvalue weighted by atomic mass is 35.5. The van der Waals surface area contributed by atoms with E-state index in [-0.39, 0.29) is 17.9 Å². The van der Waals surface area contributed by atoms with E-state index < -0.39 is 0 Å². The third-order valence-electron chi connectivity index (χ3n) is 4.11. The molecule has 3 aromatic heterocycles. The van der Waals surface area contributed by atoms with Gasteiger partial charge in [-0.15, -0.1) is 23.7 Å². The van der Waals surface area contributed by atoms with E-state index in [0.717, 1.165) is 32.5 Å². The molecule has 30 heavy (non-hydrogen) atoms. The summed E-state index contributed by atoms with van der Waals surface area (Å²) in [5.74, 6) is 7.31. The summed E-state index contributed by atoms with van der Waals surface area (Å²) < 4.78 is 2.02. The summed E-state index contributed by atoms with van der Waals surface area (Å²) in [4.78, 5) is 11.0. The predicted octanol–water partition coefficient (Wildman–Crippen LogP) is 5.36. The molecular weight excluding hydrogens is 414 g/mol. The van der Waals surface area contributed by atoms with Crippen LogP contribution in [0.5, 0.6) is 0 Å². The van der Waals surface area contributed by atoms with Gasteiger partial charge in [0.1, 0.15) is 11.5 Å². The predicted molar refractivity (Wildman–Crippen MR) is 124 cm³/mol. The smallest absolute Gasteiger partial charge is 0.157 e. The molecule has 0 fully saturated rings. The molecule has 0 saturated carbocycles. The fraction of sp³-hybridized carbons (Fsp3) is 0.174. The number of hydrogen-bond donors (Lipinski definition) is 1. The average molecular weight is 434 g/mol. The lowest BCUT2D eigenvalue weighted by Gasteiger charge is -2.22. The Morgan fingerprint density at radius 3 is 2.47 bits per heavy atom. The van der Waals surface area contributed by atoms with E-state index in [1.54, 1.807) is 35.9 Å². The number of nitriles is 1. The van der Waals surface area contributed by atoms with Gasteiger partial charge >= 0.3 is 0 Å². The molecule has 0 saturated heterocycles. The third kappa shape index (κ3) is 4.63. The Bertz CT molecular complexity index is 1280. The van der Waals surface area contributed by atoms with Crippen LogP contribution in [0.4, 0.5) is 5.82 Å². The van der Waals surface area contributed by atoms with Crippen LogP contribution in [0.25, 0.3) is 16.2 Å². The van der Waals surface area contributed by atoms with Crippen LogP contribution in [-0.4, -0.2) is 19.9 Å². The van der Waals surface area contributed by atoms with Gasteiger partial charge in [-0.25, -0.2) is 4.98 Å². The van der Waals surface area contributed by atoms with E-state index in [2.05, 4.69) is 55.0 Å². The number of nitrogens with zero attached hydrogens (tertiary/aromatic N) is 4. The number of rotatable bonds is 2. The largest absolute Gasteiger partial charge is 0.365 e. The Morgan fingerprint density at radius 2 is 1.77 bits per heavy atom. The number of thiophene rings is 1. The summed E-state index contributed by atoms with van der Waals surface area (Å²) >= 11 is 1.61. The summed E-state index contributed by atoms with van der Waals surface area (Å²) in [6, 6.07) is 13.5. The molecule has 0 spiro atoms. The first-order valence-electron chi connectivity index (χ1n) is 9.15. The maximum absolute atomic E-state index is 8.89. The fourth-order valence-corrected chi connectivity index (χ4v) is 3.70. The molecule has 0 aliphatic carbocycles. The highest BCUT2D eigenvalue weighted by Crippen LogP contribution is 2.34. The van der Waals surface area contributed by atoms with Gasteiger partial charge in [0, 0.05) is 23.5 Å². The molecule has 5 nitrogen and oxygen atoms in total. The standard InChI is InChI=1S/C23H19N5S.ClH/c1-23(2,3)27-22-21(26-20-15-25-12-13-28(20)22)19-11-10-18(29-19)9-8-16-4-6-17(14-24)7-5-16;/h4-7,10-13,15,27H,1-3H3;1H. The summed E-state index contributed by atoms with van der Waals surface area (Å²) in [7, 11) is 0. The van der Waals surface area contributed by atoms with Gasteiger partial charge in [0.25, 0.3) is 0 Å². The van der Waals surface area contributed by atoms with Gasteiger partial charge < -0.3 is 5.32 Å². The Hall–Kier alpha value is -3.32. The van der Waals surface area contributed by atoms with Gasteiger partial charge in [0.2, 0.25) is 0 Å². The van der Waals surface area contributed by atoms with Crippen LogP contribution < -0.4 is 5.32 Å². The molecule has 3 heterocycles. The molecule has 0 radical (unpaired) electrons. The lowest BCUT2D eigenvalue weighted by molar-refractivity contribution is 0.629. The molecule has 150 valence electrons. The van der Waals surface area contributed by atoms with E-state index in [1.807, 2.05) is 28.8 Å². The normalized spacial score (nSPS) is 10.6. The first-order chi connectivity index (χ1) is 13.9. The second-order valence-electron chi connectivity index (χ2n) is 7.59. The first kappa shape index (κ1) is 21.4. The van der Waals surface area contributed by atoms with Crippen LogP contribution in [0.2, 0.25) is 0 Å². The number of nitrogens with one attached hydrogen (secondary N) is 1. The Labute approximate surface area is 185 Å². The van der Waals surface area contributed by atoms with Gasteiger partial charge in [-0.1, -0.05) is 11.8 Å². The zero-order valence-corrected chi connectivity index (χ0v) is 18.4. The van der Waals surface area contributed by atoms with Gasteiger partial charge in [-0.05, 0) is 57.2 Å². The molecule has 4 rings (SSSR count). The van der Waals surface area contributed by atoms with Crippen LogP contribution >= 0.6 is 23.7 Å². The summed E-state index contributed by atoms with van der Waals surface area (Å²) in [5.41, 5.74) is 3.10. The number of benzene rings is 1. The van der Waals surface area contributed by atoms with Crippen molar-refractivity contribution in [3.05, 3.63) is 71.0 Å². The van der Waals surface area contributed by atoms with Crippen LogP contribution in [0, 0.1) is 23.2 Å². The summed E-state index contributed by atoms with van der Waals surface area (Å²) in [6.45, 7) is 6.38. The second-order valence-corrected chi connectivity index (χ2v) is 8.68. The lowest BCUT2D eigenvalue weighted by Crippen LogP contribution is -2.27.